The lowest BCUT2D eigenvalue weighted by Crippen LogP contribution is -2.59. The number of rotatable bonds is 23. The number of nitrogens with two attached hydrogens (primary N) is 1. The van der Waals surface area contributed by atoms with Crippen LogP contribution in [-0.2, 0) is 46.4 Å². The molecular weight excluding hydrogens is 777 g/mol. The quantitative estimate of drug-likeness (QED) is 0.120. The summed E-state index contributed by atoms with van der Waals surface area (Å²) in [6, 6.07) is 9.58. The number of ether oxygens (including phenoxy) is 2. The van der Waals surface area contributed by atoms with Crippen molar-refractivity contribution >= 4 is 35.2 Å². The van der Waals surface area contributed by atoms with Gasteiger partial charge in [-0.3, -0.25) is 33.9 Å². The van der Waals surface area contributed by atoms with E-state index in [0.29, 0.717) is 30.8 Å². The molecule has 1 unspecified atom stereocenters. The fourth-order valence-corrected chi connectivity index (χ4v) is 8.60. The van der Waals surface area contributed by atoms with E-state index in [-0.39, 0.29) is 60.8 Å². The van der Waals surface area contributed by atoms with Crippen molar-refractivity contribution in [2.75, 3.05) is 47.6 Å². The molecule has 1 aromatic heterocycles. The highest BCUT2D eigenvalue weighted by Gasteiger charge is 2.43. The first kappa shape index (κ1) is 50.8. The third kappa shape index (κ3) is 14.0. The van der Waals surface area contributed by atoms with Gasteiger partial charge in [-0.1, -0.05) is 73.1 Å². The van der Waals surface area contributed by atoms with E-state index in [0.717, 1.165) is 12.0 Å². The Hall–Kier alpha value is -4.60. The molecule has 2 heterocycles. The van der Waals surface area contributed by atoms with E-state index < -0.39 is 54.2 Å². The van der Waals surface area contributed by atoms with Gasteiger partial charge in [0.25, 0.3) is 0 Å². The minimum atomic E-state index is -0.926. The number of hydrogen-bond acceptors (Lipinski definition) is 10. The fourth-order valence-electron chi connectivity index (χ4n) is 8.60. The minimum absolute atomic E-state index is 0.00821. The topological polar surface area (TPSA) is 189 Å². The fraction of sp³-hybridized carbons (Fsp3) is 0.652. The second kappa shape index (κ2) is 24.1. The van der Waals surface area contributed by atoms with Crippen molar-refractivity contribution in [2.24, 2.45) is 23.7 Å². The second-order valence-electron chi connectivity index (χ2n) is 17.5. The van der Waals surface area contributed by atoms with Gasteiger partial charge in [0.15, 0.2) is 0 Å². The van der Waals surface area contributed by atoms with E-state index in [1.807, 2.05) is 78.7 Å². The molecule has 1 fully saturated rings. The molecule has 1 aromatic carbocycles. The van der Waals surface area contributed by atoms with Gasteiger partial charge in [0.1, 0.15) is 12.1 Å². The van der Waals surface area contributed by atoms with Gasteiger partial charge >= 0.3 is 0 Å². The minimum Gasteiger partial charge on any atom is -0.399 e. The van der Waals surface area contributed by atoms with Crippen LogP contribution in [0.2, 0.25) is 0 Å². The van der Waals surface area contributed by atoms with Crippen LogP contribution in [0.3, 0.4) is 0 Å². The number of benzene rings is 1. The number of hydrogen-bond donors (Lipinski definition) is 4. The van der Waals surface area contributed by atoms with Gasteiger partial charge in [0, 0.05) is 58.4 Å². The number of methoxy groups -OCH3 is 2. The molecule has 0 spiro atoms. The average molecular weight is 851 g/mol. The predicted octanol–water partition coefficient (Wildman–Crippen LogP) is 3.65. The number of carbonyl (C=O) groups excluding carboxylic acids is 5. The number of likely N-dealkylation sites (tertiary alicyclic amines) is 1. The Kier molecular flexibility index (Phi) is 20.1. The lowest BCUT2D eigenvalue weighted by atomic mass is 9.89. The summed E-state index contributed by atoms with van der Waals surface area (Å²) >= 11 is 0. The maximum absolute atomic E-state index is 14.4. The Morgan fingerprint density at radius 3 is 2.10 bits per heavy atom. The van der Waals surface area contributed by atoms with E-state index in [1.165, 1.54) is 7.11 Å². The van der Waals surface area contributed by atoms with E-state index in [9.17, 15) is 24.0 Å². The summed E-state index contributed by atoms with van der Waals surface area (Å²) in [5, 5.41) is 8.93. The molecule has 3 rings (SSSR count). The van der Waals surface area contributed by atoms with Gasteiger partial charge in [-0.15, -0.1) is 0 Å². The first-order valence-electron chi connectivity index (χ1n) is 21.8. The molecule has 340 valence electrons. The lowest BCUT2D eigenvalue weighted by molar-refractivity contribution is -0.148. The van der Waals surface area contributed by atoms with E-state index in [2.05, 4.69) is 20.9 Å². The number of anilines is 1. The summed E-state index contributed by atoms with van der Waals surface area (Å²) in [5.74, 6) is -2.34. The maximum Gasteiger partial charge on any atom is 0.245 e. The van der Waals surface area contributed by atoms with Crippen LogP contribution in [0.15, 0.2) is 48.7 Å². The van der Waals surface area contributed by atoms with Gasteiger partial charge in [0.2, 0.25) is 29.5 Å². The van der Waals surface area contributed by atoms with Crippen LogP contribution >= 0.6 is 0 Å². The number of nitrogens with zero attached hydrogens (tertiary/aromatic N) is 4. The molecule has 0 saturated carbocycles. The first-order chi connectivity index (χ1) is 28.9. The highest BCUT2D eigenvalue weighted by atomic mass is 16.5. The largest absolute Gasteiger partial charge is 0.399 e. The molecule has 1 saturated heterocycles. The third-order valence-corrected chi connectivity index (χ3v) is 12.2. The number of pyridine rings is 1. The number of nitrogens with one attached hydrogen (secondary N) is 3. The number of amides is 5. The van der Waals surface area contributed by atoms with Crippen molar-refractivity contribution < 1.29 is 33.4 Å². The van der Waals surface area contributed by atoms with Crippen molar-refractivity contribution in [1.82, 2.24) is 35.6 Å². The van der Waals surface area contributed by atoms with Crippen molar-refractivity contribution in [3.05, 3.63) is 59.9 Å². The number of carbonyl (C=O) groups is 5. The summed E-state index contributed by atoms with van der Waals surface area (Å²) in [4.78, 5) is 79.5. The summed E-state index contributed by atoms with van der Waals surface area (Å²) in [6.07, 6.45) is 2.52. The van der Waals surface area contributed by atoms with Gasteiger partial charge < -0.3 is 41.0 Å². The molecule has 5 N–H and O–H groups in total. The molecule has 1 aliphatic rings. The number of likely N-dealkylation sites (N-methyl/N-ethyl adjacent to an activating group) is 2. The molecule has 15 nitrogen and oxygen atoms in total. The first-order valence-corrected chi connectivity index (χ1v) is 21.8. The van der Waals surface area contributed by atoms with Gasteiger partial charge in [-0.25, -0.2) is 0 Å². The van der Waals surface area contributed by atoms with Crippen molar-refractivity contribution in [2.45, 2.75) is 130 Å². The smallest absolute Gasteiger partial charge is 0.245 e. The zero-order chi connectivity index (χ0) is 45.6. The lowest BCUT2D eigenvalue weighted by Gasteiger charge is -2.41. The molecule has 5 amide bonds. The summed E-state index contributed by atoms with van der Waals surface area (Å²) in [6.45, 7) is 14.3. The normalized spacial score (nSPS) is 18.1. The van der Waals surface area contributed by atoms with Crippen LogP contribution in [0, 0.1) is 23.7 Å². The Balaban J connectivity index is 1.79. The van der Waals surface area contributed by atoms with Crippen molar-refractivity contribution in [3.8, 4) is 0 Å². The molecule has 0 aliphatic carbocycles. The van der Waals surface area contributed by atoms with Crippen molar-refractivity contribution in [1.29, 1.82) is 0 Å². The van der Waals surface area contributed by atoms with Gasteiger partial charge in [-0.2, -0.15) is 0 Å². The van der Waals surface area contributed by atoms with Crippen molar-refractivity contribution in [3.63, 3.8) is 0 Å². The SMILES string of the molecule is CC[C@H](C)[C@@H]([C@@H](CC(=O)N1CCC[C@H]1[C@H](OC)[C@@H](C)C(=O)N[C@H](Cc1ccccn1)C(=O)NCc1ccc(N)cc1)OC)N(C)C(=O)C(NC(=O)[C@H](C(C)C)N(C)C)C(C)C. The molecule has 15 heteroatoms. The highest BCUT2D eigenvalue weighted by molar-refractivity contribution is 5.90. The standard InChI is InChI=1S/C46H74N8O7/c1-13-30(6)41(53(10)46(59)39(28(2)3)51-45(58)40(29(4)5)52(8)9)37(60-11)26-38(55)54-24-16-18-36(54)42(61-12)31(7)43(56)50-35(25-34-17-14-15-23-48-34)44(57)49-27-32-19-21-33(47)22-20-32/h14-15,17,19-23,28-31,35-37,39-42H,13,16,18,24-27,47H2,1-12H3,(H,49,57)(H,50,56)(H,51,58)/t30-,31+,35+,36-,37+,39?,40-,41-,42+/m0/s1. The van der Waals surface area contributed by atoms with Crippen LogP contribution in [-0.4, -0.2) is 134 Å². The van der Waals surface area contributed by atoms with Crippen LogP contribution in [0.1, 0.15) is 85.4 Å². The van der Waals surface area contributed by atoms with Gasteiger partial charge in [0.05, 0.1) is 42.7 Å². The molecular formula is C46H74N8O7. The molecule has 1 aliphatic heterocycles. The van der Waals surface area contributed by atoms with Crippen LogP contribution in [0.25, 0.3) is 0 Å². The highest BCUT2D eigenvalue weighted by Crippen LogP contribution is 2.30. The van der Waals surface area contributed by atoms with Crippen LogP contribution in [0.5, 0.6) is 0 Å². The second-order valence-corrected chi connectivity index (χ2v) is 17.5. The zero-order valence-corrected chi connectivity index (χ0v) is 38.6. The van der Waals surface area contributed by atoms with E-state index in [4.69, 9.17) is 15.2 Å². The Morgan fingerprint density at radius 1 is 0.885 bits per heavy atom. The monoisotopic (exact) mass is 851 g/mol. The summed E-state index contributed by atoms with van der Waals surface area (Å²) in [5.41, 5.74) is 7.95. The maximum atomic E-state index is 14.4. The third-order valence-electron chi connectivity index (χ3n) is 12.2. The van der Waals surface area contributed by atoms with Crippen LogP contribution in [0.4, 0.5) is 5.69 Å². The number of nitrogen functional groups attached to an aromatic ring is 1. The predicted molar refractivity (Wildman–Crippen MR) is 238 cm³/mol. The Labute approximate surface area is 364 Å². The van der Waals surface area contributed by atoms with E-state index >= 15 is 0 Å². The Morgan fingerprint density at radius 2 is 1.56 bits per heavy atom. The van der Waals surface area contributed by atoms with E-state index in [1.54, 1.807) is 61.3 Å². The van der Waals surface area contributed by atoms with Gasteiger partial charge in [-0.05, 0) is 74.5 Å². The average Bonchev–Trinajstić information content (AvgIpc) is 3.71. The van der Waals surface area contributed by atoms with Crippen LogP contribution < -0.4 is 21.7 Å². The molecule has 9 atom stereocenters. The zero-order valence-electron chi connectivity index (χ0n) is 38.6. The Bertz CT molecular complexity index is 1700. The molecule has 0 radical (unpaired) electrons. The molecule has 0 bridgehead atoms. The summed E-state index contributed by atoms with van der Waals surface area (Å²) in [7, 11) is 8.51. The molecule has 2 aromatic rings. The molecule has 61 heavy (non-hydrogen) atoms. The summed E-state index contributed by atoms with van der Waals surface area (Å²) < 4.78 is 12.1. The number of aromatic nitrogens is 1.